The molecule has 1 aliphatic rings. The fourth-order valence-corrected chi connectivity index (χ4v) is 0.974. The molecule has 0 radical (unpaired) electrons. The van der Waals surface area contributed by atoms with Crippen LogP contribution in [0.15, 0.2) is 0 Å². The van der Waals surface area contributed by atoms with Gasteiger partial charge < -0.3 is 18.9 Å². The van der Waals surface area contributed by atoms with Crippen LogP contribution in [0.2, 0.25) is 0 Å². The van der Waals surface area contributed by atoms with E-state index in [9.17, 15) is 9.59 Å². The van der Waals surface area contributed by atoms with E-state index in [2.05, 4.69) is 0 Å². The molecule has 0 aromatic heterocycles. The lowest BCUT2D eigenvalue weighted by atomic mass is 10.5. The second-order valence-corrected chi connectivity index (χ2v) is 2.74. The molecule has 1 aliphatic heterocycles. The van der Waals surface area contributed by atoms with Crippen molar-refractivity contribution < 1.29 is 28.5 Å². The Balaban J connectivity index is 2.24. The molecule has 0 saturated carbocycles. The van der Waals surface area contributed by atoms with E-state index in [4.69, 9.17) is 18.9 Å². The molecule has 1 saturated heterocycles. The van der Waals surface area contributed by atoms with E-state index in [1.54, 1.807) is 0 Å². The lowest BCUT2D eigenvalue weighted by Crippen LogP contribution is -2.39. The molecular formula is C8H12O6. The molecule has 0 aliphatic carbocycles. The Hall–Kier alpha value is -1.14. The molecular weight excluding hydrogens is 192 g/mol. The molecule has 0 amide bonds. The first-order chi connectivity index (χ1) is 6.58. The molecule has 2 atom stereocenters. The van der Waals surface area contributed by atoms with Crippen molar-refractivity contribution in [1.29, 1.82) is 0 Å². The fraction of sp³-hybridized carbons (Fsp3) is 0.750. The van der Waals surface area contributed by atoms with Crippen LogP contribution < -0.4 is 0 Å². The summed E-state index contributed by atoms with van der Waals surface area (Å²) >= 11 is 0. The highest BCUT2D eigenvalue weighted by Crippen LogP contribution is 2.09. The molecule has 1 rings (SSSR count). The van der Waals surface area contributed by atoms with Crippen LogP contribution in [0.5, 0.6) is 0 Å². The highest BCUT2D eigenvalue weighted by Gasteiger charge is 2.25. The maximum atomic E-state index is 10.5. The molecule has 0 aromatic rings. The Morgan fingerprint density at radius 1 is 1.00 bits per heavy atom. The lowest BCUT2D eigenvalue weighted by Gasteiger charge is -2.27. The molecule has 80 valence electrons. The quantitative estimate of drug-likeness (QED) is 0.580. The van der Waals surface area contributed by atoms with Crippen LogP contribution in [0.25, 0.3) is 0 Å². The molecule has 1 fully saturated rings. The van der Waals surface area contributed by atoms with Crippen molar-refractivity contribution >= 4 is 11.9 Å². The van der Waals surface area contributed by atoms with Crippen molar-refractivity contribution in [3.63, 3.8) is 0 Å². The minimum absolute atomic E-state index is 0.0670. The number of carbonyl (C=O) groups is 2. The second-order valence-electron chi connectivity index (χ2n) is 2.74. The Labute approximate surface area is 81.1 Å². The van der Waals surface area contributed by atoms with Crippen molar-refractivity contribution in [3.8, 4) is 0 Å². The maximum Gasteiger partial charge on any atom is 0.305 e. The summed E-state index contributed by atoms with van der Waals surface area (Å²) in [5, 5.41) is 0. The Bertz CT molecular complexity index is 194. The van der Waals surface area contributed by atoms with Crippen LogP contribution >= 0.6 is 0 Å². The van der Waals surface area contributed by atoms with Gasteiger partial charge in [-0.05, 0) is 0 Å². The summed E-state index contributed by atoms with van der Waals surface area (Å²) < 4.78 is 19.5. The summed E-state index contributed by atoms with van der Waals surface area (Å²) in [7, 11) is 0. The summed E-state index contributed by atoms with van der Waals surface area (Å²) in [4.78, 5) is 21.1. The highest BCUT2D eigenvalue weighted by molar-refractivity contribution is 5.66. The van der Waals surface area contributed by atoms with E-state index in [1.165, 1.54) is 13.8 Å². The van der Waals surface area contributed by atoms with E-state index < -0.39 is 24.5 Å². The zero-order valence-electron chi connectivity index (χ0n) is 8.02. The minimum Gasteiger partial charge on any atom is -0.433 e. The van der Waals surface area contributed by atoms with E-state index in [-0.39, 0.29) is 13.2 Å². The third-order valence-corrected chi connectivity index (χ3v) is 1.43. The minimum atomic E-state index is -0.709. The van der Waals surface area contributed by atoms with Gasteiger partial charge in [0, 0.05) is 13.8 Å². The molecule has 0 bridgehead atoms. The molecule has 0 N–H and O–H groups in total. The summed E-state index contributed by atoms with van der Waals surface area (Å²) in [6.07, 6.45) is -1.42. The van der Waals surface area contributed by atoms with Gasteiger partial charge in [0.2, 0.25) is 12.6 Å². The Morgan fingerprint density at radius 2 is 1.36 bits per heavy atom. The van der Waals surface area contributed by atoms with Crippen LogP contribution in [0.1, 0.15) is 13.8 Å². The van der Waals surface area contributed by atoms with Gasteiger partial charge in [-0.3, -0.25) is 9.59 Å². The lowest BCUT2D eigenvalue weighted by molar-refractivity contribution is -0.275. The molecule has 6 nitrogen and oxygen atoms in total. The summed E-state index contributed by atoms with van der Waals surface area (Å²) in [6, 6.07) is 0. The van der Waals surface area contributed by atoms with Gasteiger partial charge in [0.05, 0.1) is 0 Å². The topological polar surface area (TPSA) is 71.1 Å². The van der Waals surface area contributed by atoms with Crippen LogP contribution in [-0.4, -0.2) is 37.7 Å². The zero-order valence-corrected chi connectivity index (χ0v) is 8.02. The second kappa shape index (κ2) is 4.92. The van der Waals surface area contributed by atoms with Crippen molar-refractivity contribution in [2.45, 2.75) is 26.4 Å². The van der Waals surface area contributed by atoms with Gasteiger partial charge in [-0.15, -0.1) is 0 Å². The zero-order chi connectivity index (χ0) is 10.6. The molecule has 0 unspecified atom stereocenters. The fourth-order valence-electron chi connectivity index (χ4n) is 0.974. The summed E-state index contributed by atoms with van der Waals surface area (Å²) in [6.45, 7) is 2.69. The third-order valence-electron chi connectivity index (χ3n) is 1.43. The van der Waals surface area contributed by atoms with Crippen LogP contribution in [0.4, 0.5) is 0 Å². The standard InChI is InChI=1S/C8H12O6/c1-5(9)13-7-3-12-8(4-11-7)14-6(2)10/h7-8H,3-4H2,1-2H3/t7-,8-/m0/s1. The average molecular weight is 204 g/mol. The normalized spacial score (nSPS) is 26.7. The number of ether oxygens (including phenoxy) is 4. The van der Waals surface area contributed by atoms with Crippen molar-refractivity contribution in [2.75, 3.05) is 13.2 Å². The smallest absolute Gasteiger partial charge is 0.305 e. The molecule has 6 heteroatoms. The van der Waals surface area contributed by atoms with Gasteiger partial charge in [0.25, 0.3) is 0 Å². The van der Waals surface area contributed by atoms with Gasteiger partial charge in [-0.2, -0.15) is 0 Å². The molecule has 14 heavy (non-hydrogen) atoms. The van der Waals surface area contributed by atoms with E-state index in [1.807, 2.05) is 0 Å². The highest BCUT2D eigenvalue weighted by atomic mass is 16.8. The number of hydrogen-bond donors (Lipinski definition) is 0. The van der Waals surface area contributed by atoms with E-state index in [0.29, 0.717) is 0 Å². The maximum absolute atomic E-state index is 10.5. The predicted octanol–water partition coefficient (Wildman–Crippen LogP) is -0.188. The largest absolute Gasteiger partial charge is 0.433 e. The Kier molecular flexibility index (Phi) is 3.84. The van der Waals surface area contributed by atoms with Crippen molar-refractivity contribution in [1.82, 2.24) is 0 Å². The van der Waals surface area contributed by atoms with Gasteiger partial charge in [0.15, 0.2) is 0 Å². The average Bonchev–Trinajstić information content (AvgIpc) is 2.06. The van der Waals surface area contributed by atoms with E-state index >= 15 is 0 Å². The summed E-state index contributed by atoms with van der Waals surface area (Å²) in [5.74, 6) is -0.880. The van der Waals surface area contributed by atoms with Gasteiger partial charge in [0.1, 0.15) is 13.2 Å². The monoisotopic (exact) mass is 204 g/mol. The van der Waals surface area contributed by atoms with Gasteiger partial charge >= 0.3 is 11.9 Å². The number of esters is 2. The van der Waals surface area contributed by atoms with Crippen LogP contribution in [-0.2, 0) is 28.5 Å². The molecule has 0 aromatic carbocycles. The molecule has 1 heterocycles. The first-order valence-corrected chi connectivity index (χ1v) is 4.15. The number of hydrogen-bond acceptors (Lipinski definition) is 6. The van der Waals surface area contributed by atoms with Crippen LogP contribution in [0.3, 0.4) is 0 Å². The van der Waals surface area contributed by atoms with E-state index in [0.717, 1.165) is 0 Å². The van der Waals surface area contributed by atoms with Gasteiger partial charge in [-0.25, -0.2) is 0 Å². The first-order valence-electron chi connectivity index (χ1n) is 4.15. The molecule has 0 spiro atoms. The predicted molar refractivity (Wildman–Crippen MR) is 43.0 cm³/mol. The number of rotatable bonds is 2. The Morgan fingerprint density at radius 3 is 1.57 bits per heavy atom. The van der Waals surface area contributed by atoms with Crippen molar-refractivity contribution in [2.24, 2.45) is 0 Å². The van der Waals surface area contributed by atoms with Gasteiger partial charge in [-0.1, -0.05) is 0 Å². The third kappa shape index (κ3) is 3.71. The summed E-state index contributed by atoms with van der Waals surface area (Å²) in [5.41, 5.74) is 0. The van der Waals surface area contributed by atoms with Crippen molar-refractivity contribution in [3.05, 3.63) is 0 Å². The SMILES string of the molecule is CC(=O)O[C@H]1CO[C@@H](OC(C)=O)CO1. The first kappa shape index (κ1) is 10.9. The van der Waals surface area contributed by atoms with Crippen LogP contribution in [0, 0.1) is 0 Å². The number of carbonyl (C=O) groups excluding carboxylic acids is 2.